The van der Waals surface area contributed by atoms with E-state index in [1.165, 1.54) is 0 Å². The minimum Gasteiger partial charge on any atom is -0.508 e. The molecule has 2 aromatic heterocycles. The van der Waals surface area contributed by atoms with E-state index in [0.717, 1.165) is 22.4 Å². The zero-order chi connectivity index (χ0) is 23.3. The molecule has 1 N–H and O–H groups in total. The van der Waals surface area contributed by atoms with Crippen molar-refractivity contribution in [3.8, 4) is 22.9 Å². The summed E-state index contributed by atoms with van der Waals surface area (Å²) in [6.45, 7) is 6.23. The van der Waals surface area contributed by atoms with Crippen molar-refractivity contribution < 1.29 is 9.90 Å². The van der Waals surface area contributed by atoms with E-state index in [1.807, 2.05) is 29.0 Å². The lowest BCUT2D eigenvalue weighted by Gasteiger charge is -2.27. The fourth-order valence-electron chi connectivity index (χ4n) is 4.86. The van der Waals surface area contributed by atoms with Crippen molar-refractivity contribution in [2.24, 2.45) is 0 Å². The quantitative estimate of drug-likeness (QED) is 0.422. The van der Waals surface area contributed by atoms with Crippen LogP contribution in [-0.2, 0) is 12.0 Å². The molecule has 2 aromatic carbocycles. The van der Waals surface area contributed by atoms with Gasteiger partial charge in [0.15, 0.2) is 5.78 Å². The number of fused-ring (bicyclic) bond motifs is 2. The highest BCUT2D eigenvalue weighted by atomic mass is 16.3. The van der Waals surface area contributed by atoms with Crippen molar-refractivity contribution in [1.82, 2.24) is 9.55 Å². The largest absolute Gasteiger partial charge is 0.508 e. The van der Waals surface area contributed by atoms with Gasteiger partial charge in [0, 0.05) is 34.7 Å². The van der Waals surface area contributed by atoms with Crippen LogP contribution in [0.3, 0.4) is 0 Å². The van der Waals surface area contributed by atoms with Gasteiger partial charge in [0.2, 0.25) is 0 Å². The molecule has 4 aromatic rings. The molecule has 0 spiro atoms. The molecule has 1 atom stereocenters. The number of ketones is 1. The highest BCUT2D eigenvalue weighted by Gasteiger charge is 2.33. The van der Waals surface area contributed by atoms with E-state index >= 15 is 0 Å². The summed E-state index contributed by atoms with van der Waals surface area (Å²) in [5.74, 6) is 0.258. The molecule has 0 fully saturated rings. The number of carbonyl (C=O) groups excluding carboxylic acids is 1. The molecular weight excluding hydrogens is 410 g/mol. The van der Waals surface area contributed by atoms with Crippen LogP contribution in [0.15, 0.2) is 60.8 Å². The van der Waals surface area contributed by atoms with Gasteiger partial charge >= 0.3 is 0 Å². The number of hydrogen-bond donors (Lipinski definition) is 1. The van der Waals surface area contributed by atoms with Gasteiger partial charge < -0.3 is 9.67 Å². The van der Waals surface area contributed by atoms with Crippen LogP contribution in [0.4, 0.5) is 0 Å². The summed E-state index contributed by atoms with van der Waals surface area (Å²) < 4.78 is 2.03. The van der Waals surface area contributed by atoms with Crippen LogP contribution in [0.1, 0.15) is 60.3 Å². The SMILES string of the molecule is CC(C)(C)n1cc(C#N)c2c(-c3ccc(O)cc3)c3c(nc21)C[C@H](c1ccccc1)CC3=O. The number of aromatic hydroxyl groups is 1. The monoisotopic (exact) mass is 435 g/mol. The fourth-order valence-corrected chi connectivity index (χ4v) is 4.86. The number of nitrogens with zero attached hydrogens (tertiary/aromatic N) is 3. The third-order valence-corrected chi connectivity index (χ3v) is 6.43. The van der Waals surface area contributed by atoms with Crippen LogP contribution in [0.2, 0.25) is 0 Å². The fraction of sp³-hybridized carbons (Fsp3) is 0.250. The number of hydrogen-bond acceptors (Lipinski definition) is 4. The number of phenols is 1. The number of rotatable bonds is 2. The Balaban J connectivity index is 1.84. The summed E-state index contributed by atoms with van der Waals surface area (Å²) in [7, 11) is 0. The molecule has 164 valence electrons. The van der Waals surface area contributed by atoms with Crippen molar-refractivity contribution >= 4 is 16.8 Å². The maximum Gasteiger partial charge on any atom is 0.165 e. The summed E-state index contributed by atoms with van der Waals surface area (Å²) in [5.41, 5.74) is 4.95. The minimum atomic E-state index is -0.293. The maximum absolute atomic E-state index is 13.6. The first kappa shape index (κ1) is 21.0. The van der Waals surface area contributed by atoms with Crippen molar-refractivity contribution in [2.45, 2.75) is 45.1 Å². The normalized spacial score (nSPS) is 15.9. The second kappa shape index (κ2) is 7.60. The molecule has 0 saturated heterocycles. The Bertz CT molecular complexity index is 1420. The zero-order valence-electron chi connectivity index (χ0n) is 19.0. The van der Waals surface area contributed by atoms with Gasteiger partial charge in [-0.3, -0.25) is 4.79 Å². The highest BCUT2D eigenvalue weighted by Crippen LogP contribution is 2.43. The Morgan fingerprint density at radius 2 is 1.73 bits per heavy atom. The van der Waals surface area contributed by atoms with Crippen molar-refractivity contribution in [3.63, 3.8) is 0 Å². The third-order valence-electron chi connectivity index (χ3n) is 6.43. The second-order valence-corrected chi connectivity index (χ2v) is 9.69. The predicted molar refractivity (Wildman–Crippen MR) is 128 cm³/mol. The predicted octanol–water partition coefficient (Wildman–Crippen LogP) is 5.95. The van der Waals surface area contributed by atoms with Crippen LogP contribution in [0.5, 0.6) is 5.75 Å². The number of pyridine rings is 1. The van der Waals surface area contributed by atoms with Gasteiger partial charge in [-0.2, -0.15) is 5.26 Å². The Hall–Kier alpha value is -3.91. The van der Waals surface area contributed by atoms with Crippen LogP contribution in [0.25, 0.3) is 22.2 Å². The molecule has 5 nitrogen and oxygen atoms in total. The standard InChI is InChI=1S/C28H25N3O2/c1-28(2,3)31-16-20(15-29)25-24(18-9-11-21(32)12-10-18)26-22(30-27(25)31)13-19(14-23(26)33)17-7-5-4-6-8-17/h4-12,16,19,32H,13-14H2,1-3H3/t19-/m0/s1. The van der Waals surface area contributed by atoms with Gasteiger partial charge in [0.1, 0.15) is 17.5 Å². The molecule has 1 aliphatic rings. The average Bonchev–Trinajstić information content (AvgIpc) is 3.18. The van der Waals surface area contributed by atoms with Gasteiger partial charge in [-0.05, 0) is 56.4 Å². The summed E-state index contributed by atoms with van der Waals surface area (Å²) in [5, 5.41) is 20.5. The minimum absolute atomic E-state index is 0.0370. The number of carbonyl (C=O) groups is 1. The molecule has 2 heterocycles. The Labute approximate surface area is 192 Å². The Morgan fingerprint density at radius 1 is 1.03 bits per heavy atom. The van der Waals surface area contributed by atoms with Gasteiger partial charge in [-0.25, -0.2) is 4.98 Å². The summed E-state index contributed by atoms with van der Waals surface area (Å²) in [6, 6.07) is 19.2. The van der Waals surface area contributed by atoms with Crippen LogP contribution >= 0.6 is 0 Å². The lowest BCUT2D eigenvalue weighted by atomic mass is 9.78. The number of phenolic OH excluding ortho intramolecular Hbond substituents is 1. The van der Waals surface area contributed by atoms with Crippen molar-refractivity contribution in [3.05, 3.63) is 83.2 Å². The third kappa shape index (κ3) is 3.48. The molecular formula is C28H25N3O2. The lowest BCUT2D eigenvalue weighted by Crippen LogP contribution is -2.24. The first-order valence-electron chi connectivity index (χ1n) is 11.1. The van der Waals surface area contributed by atoms with Crippen LogP contribution < -0.4 is 0 Å². The van der Waals surface area contributed by atoms with E-state index in [4.69, 9.17) is 4.98 Å². The lowest BCUT2D eigenvalue weighted by molar-refractivity contribution is 0.0964. The molecule has 5 rings (SSSR count). The van der Waals surface area contributed by atoms with E-state index in [-0.39, 0.29) is 23.0 Å². The van der Waals surface area contributed by atoms with Gasteiger partial charge in [0.25, 0.3) is 0 Å². The first-order chi connectivity index (χ1) is 15.8. The number of benzene rings is 2. The van der Waals surface area contributed by atoms with E-state index in [9.17, 15) is 15.2 Å². The highest BCUT2D eigenvalue weighted by molar-refractivity contribution is 6.12. The molecule has 0 amide bonds. The average molecular weight is 436 g/mol. The molecule has 0 radical (unpaired) electrons. The Morgan fingerprint density at radius 3 is 2.36 bits per heavy atom. The molecule has 1 aliphatic carbocycles. The van der Waals surface area contributed by atoms with Crippen LogP contribution in [-0.4, -0.2) is 20.4 Å². The molecule has 0 aliphatic heterocycles. The Kier molecular flexibility index (Phi) is 4.83. The zero-order valence-corrected chi connectivity index (χ0v) is 19.0. The number of nitriles is 1. The van der Waals surface area contributed by atoms with E-state index < -0.39 is 0 Å². The van der Waals surface area contributed by atoms with E-state index in [1.54, 1.807) is 24.3 Å². The second-order valence-electron chi connectivity index (χ2n) is 9.69. The van der Waals surface area contributed by atoms with Crippen LogP contribution in [0, 0.1) is 11.3 Å². The topological polar surface area (TPSA) is 78.9 Å². The smallest absolute Gasteiger partial charge is 0.165 e. The maximum atomic E-state index is 13.6. The number of aromatic nitrogens is 2. The molecule has 0 unspecified atom stereocenters. The summed E-state index contributed by atoms with van der Waals surface area (Å²) in [4.78, 5) is 18.6. The summed E-state index contributed by atoms with van der Waals surface area (Å²) in [6.07, 6.45) is 2.90. The molecule has 5 heteroatoms. The van der Waals surface area contributed by atoms with E-state index in [2.05, 4.69) is 39.0 Å². The summed E-state index contributed by atoms with van der Waals surface area (Å²) >= 11 is 0. The molecule has 33 heavy (non-hydrogen) atoms. The van der Waals surface area contributed by atoms with Gasteiger partial charge in [-0.15, -0.1) is 0 Å². The molecule has 0 saturated carbocycles. The van der Waals surface area contributed by atoms with E-state index in [0.29, 0.717) is 35.0 Å². The first-order valence-corrected chi connectivity index (χ1v) is 11.1. The van der Waals surface area contributed by atoms with Crippen molar-refractivity contribution in [1.29, 1.82) is 5.26 Å². The molecule has 0 bridgehead atoms. The van der Waals surface area contributed by atoms with Crippen molar-refractivity contribution in [2.75, 3.05) is 0 Å². The number of Topliss-reactive ketones (excluding diaryl/α,β-unsaturated/α-hetero) is 1. The van der Waals surface area contributed by atoms with Gasteiger partial charge in [0.05, 0.1) is 11.3 Å². The van der Waals surface area contributed by atoms with Gasteiger partial charge in [-0.1, -0.05) is 42.5 Å².